The highest BCUT2D eigenvalue weighted by molar-refractivity contribution is 7.09. The first-order valence-corrected chi connectivity index (χ1v) is 6.57. The van der Waals surface area contributed by atoms with E-state index in [0.29, 0.717) is 24.5 Å². The third-order valence-electron chi connectivity index (χ3n) is 2.84. The van der Waals surface area contributed by atoms with Crippen molar-refractivity contribution >= 4 is 16.7 Å². The lowest BCUT2D eigenvalue weighted by atomic mass is 10.1. The fourth-order valence-corrected chi connectivity index (χ4v) is 2.25. The van der Waals surface area contributed by atoms with Crippen molar-refractivity contribution in [3.8, 4) is 0 Å². The largest absolute Gasteiger partial charge is 0.383 e. The summed E-state index contributed by atoms with van der Waals surface area (Å²) in [7, 11) is 1.73. The van der Waals surface area contributed by atoms with Gasteiger partial charge in [0, 0.05) is 24.6 Å². The normalized spacial score (nSPS) is 17.8. The van der Waals surface area contributed by atoms with E-state index in [4.69, 9.17) is 4.74 Å². The van der Waals surface area contributed by atoms with E-state index in [1.807, 2.05) is 0 Å². The van der Waals surface area contributed by atoms with Crippen LogP contribution in [0.15, 0.2) is 0 Å². The fraction of sp³-hybridized carbons (Fsp3) is 0.818. The molecule has 1 aromatic rings. The van der Waals surface area contributed by atoms with Crippen molar-refractivity contribution in [2.75, 3.05) is 19.0 Å². The minimum Gasteiger partial charge on any atom is -0.383 e. The zero-order valence-corrected chi connectivity index (χ0v) is 10.9. The van der Waals surface area contributed by atoms with Gasteiger partial charge in [0.15, 0.2) is 0 Å². The summed E-state index contributed by atoms with van der Waals surface area (Å²) in [5.41, 5.74) is 0. The molecule has 1 aliphatic carbocycles. The number of anilines is 1. The second kappa shape index (κ2) is 5.10. The summed E-state index contributed by atoms with van der Waals surface area (Å²) in [4.78, 5) is 4.52. The van der Waals surface area contributed by atoms with E-state index < -0.39 is 0 Å². The van der Waals surface area contributed by atoms with Gasteiger partial charge >= 0.3 is 0 Å². The Kier molecular flexibility index (Phi) is 3.76. The van der Waals surface area contributed by atoms with Gasteiger partial charge < -0.3 is 10.1 Å². The van der Waals surface area contributed by atoms with Crippen molar-refractivity contribution < 1.29 is 4.74 Å². The van der Waals surface area contributed by atoms with Gasteiger partial charge in [-0.15, -0.1) is 0 Å². The van der Waals surface area contributed by atoms with Crippen LogP contribution in [0.2, 0.25) is 0 Å². The SMILES string of the molecule is COCC(Nc1nc(C2CC2)ns1)C(C)C. The van der Waals surface area contributed by atoms with Crippen LogP contribution >= 0.6 is 11.5 Å². The van der Waals surface area contributed by atoms with Crippen molar-refractivity contribution in [3.05, 3.63) is 5.82 Å². The average Bonchev–Trinajstić information content (AvgIpc) is 2.99. The molecule has 1 unspecified atom stereocenters. The Bertz CT molecular complexity index is 336. The Morgan fingerprint density at radius 1 is 1.50 bits per heavy atom. The molecule has 1 saturated carbocycles. The molecule has 0 spiro atoms. The molecule has 1 heterocycles. The molecule has 0 radical (unpaired) electrons. The van der Waals surface area contributed by atoms with E-state index in [9.17, 15) is 0 Å². The molecule has 1 fully saturated rings. The number of methoxy groups -OCH3 is 1. The van der Waals surface area contributed by atoms with Crippen LogP contribution in [0.25, 0.3) is 0 Å². The minimum absolute atomic E-state index is 0.310. The van der Waals surface area contributed by atoms with Gasteiger partial charge in [-0.05, 0) is 18.8 Å². The zero-order valence-electron chi connectivity index (χ0n) is 10.1. The van der Waals surface area contributed by atoms with Crippen LogP contribution in [0, 0.1) is 5.92 Å². The van der Waals surface area contributed by atoms with Crippen molar-refractivity contribution in [1.29, 1.82) is 0 Å². The molecule has 1 atom stereocenters. The topological polar surface area (TPSA) is 47.0 Å². The van der Waals surface area contributed by atoms with Gasteiger partial charge in [-0.3, -0.25) is 0 Å². The third kappa shape index (κ3) is 2.92. The molecule has 2 rings (SSSR count). The Morgan fingerprint density at radius 2 is 2.25 bits per heavy atom. The van der Waals surface area contributed by atoms with Crippen molar-refractivity contribution in [1.82, 2.24) is 9.36 Å². The second-order valence-corrected chi connectivity index (χ2v) is 5.43. The molecule has 1 aliphatic rings. The van der Waals surface area contributed by atoms with E-state index in [1.165, 1.54) is 24.4 Å². The van der Waals surface area contributed by atoms with Crippen LogP contribution in [0.3, 0.4) is 0 Å². The molecule has 1 N–H and O–H groups in total. The first kappa shape index (κ1) is 11.8. The predicted molar refractivity (Wildman–Crippen MR) is 66.0 cm³/mol. The number of aromatic nitrogens is 2. The molecule has 0 amide bonds. The Morgan fingerprint density at radius 3 is 2.81 bits per heavy atom. The van der Waals surface area contributed by atoms with E-state index >= 15 is 0 Å². The van der Waals surface area contributed by atoms with Gasteiger partial charge in [0.2, 0.25) is 5.13 Å². The quantitative estimate of drug-likeness (QED) is 0.831. The van der Waals surface area contributed by atoms with Crippen LogP contribution in [0.1, 0.15) is 38.4 Å². The maximum absolute atomic E-state index is 5.20. The van der Waals surface area contributed by atoms with E-state index in [2.05, 4.69) is 28.5 Å². The number of nitrogens with one attached hydrogen (secondary N) is 1. The second-order valence-electron chi connectivity index (χ2n) is 4.68. The molecule has 5 heteroatoms. The lowest BCUT2D eigenvalue weighted by molar-refractivity contribution is 0.171. The monoisotopic (exact) mass is 241 g/mol. The molecule has 4 nitrogen and oxygen atoms in total. The number of nitrogens with zero attached hydrogens (tertiary/aromatic N) is 2. The van der Waals surface area contributed by atoms with Crippen molar-refractivity contribution in [2.45, 2.75) is 38.6 Å². The molecular weight excluding hydrogens is 222 g/mol. The van der Waals surface area contributed by atoms with Gasteiger partial charge in [-0.2, -0.15) is 4.37 Å². The summed E-state index contributed by atoms with van der Waals surface area (Å²) in [5.74, 6) is 2.17. The van der Waals surface area contributed by atoms with Crippen molar-refractivity contribution in [3.63, 3.8) is 0 Å². The Balaban J connectivity index is 1.94. The molecule has 0 aliphatic heterocycles. The molecule has 90 valence electrons. The summed E-state index contributed by atoms with van der Waals surface area (Å²) in [6, 6.07) is 0.310. The van der Waals surface area contributed by atoms with Crippen LogP contribution in [-0.2, 0) is 4.74 Å². The standard InChI is InChI=1S/C11H19N3OS/c1-7(2)9(6-15-3)12-11-13-10(14-16-11)8-4-5-8/h7-9H,4-6H2,1-3H3,(H,12,13,14). The summed E-state index contributed by atoms with van der Waals surface area (Å²) in [6.45, 7) is 5.06. The molecule has 1 aromatic heterocycles. The minimum atomic E-state index is 0.310. The zero-order chi connectivity index (χ0) is 11.5. The lowest BCUT2D eigenvalue weighted by Crippen LogP contribution is -2.30. The van der Waals surface area contributed by atoms with Gasteiger partial charge in [-0.25, -0.2) is 4.98 Å². The Labute approximate surface area is 101 Å². The average molecular weight is 241 g/mol. The highest BCUT2D eigenvalue weighted by Crippen LogP contribution is 2.39. The lowest BCUT2D eigenvalue weighted by Gasteiger charge is -2.20. The number of ether oxygens (including phenoxy) is 1. The molecule has 0 bridgehead atoms. The van der Waals surface area contributed by atoms with Gasteiger partial charge in [0.1, 0.15) is 5.82 Å². The number of hydrogen-bond donors (Lipinski definition) is 1. The maximum Gasteiger partial charge on any atom is 0.202 e. The van der Waals surface area contributed by atoms with Crippen LogP contribution in [0.4, 0.5) is 5.13 Å². The van der Waals surface area contributed by atoms with Gasteiger partial charge in [-0.1, -0.05) is 13.8 Å². The van der Waals surface area contributed by atoms with Gasteiger partial charge in [0.05, 0.1) is 12.6 Å². The molecule has 16 heavy (non-hydrogen) atoms. The van der Waals surface area contributed by atoms with E-state index in [0.717, 1.165) is 11.0 Å². The Hall–Kier alpha value is -0.680. The molecular formula is C11H19N3OS. The maximum atomic E-state index is 5.20. The fourth-order valence-electron chi connectivity index (χ4n) is 1.54. The van der Waals surface area contributed by atoms with E-state index in [-0.39, 0.29) is 0 Å². The number of hydrogen-bond acceptors (Lipinski definition) is 5. The summed E-state index contributed by atoms with van der Waals surface area (Å²) in [6.07, 6.45) is 2.50. The summed E-state index contributed by atoms with van der Waals surface area (Å²) >= 11 is 1.46. The van der Waals surface area contributed by atoms with E-state index in [1.54, 1.807) is 7.11 Å². The predicted octanol–water partition coefficient (Wildman–Crippen LogP) is 2.50. The smallest absolute Gasteiger partial charge is 0.202 e. The van der Waals surface area contributed by atoms with Crippen molar-refractivity contribution in [2.24, 2.45) is 5.92 Å². The molecule has 0 saturated heterocycles. The first-order valence-electron chi connectivity index (χ1n) is 5.79. The highest BCUT2D eigenvalue weighted by atomic mass is 32.1. The third-order valence-corrected chi connectivity index (χ3v) is 3.50. The van der Waals surface area contributed by atoms with Gasteiger partial charge in [0.25, 0.3) is 0 Å². The summed E-state index contributed by atoms with van der Waals surface area (Å²) < 4.78 is 9.58. The first-order chi connectivity index (χ1) is 7.70. The van der Waals surface area contributed by atoms with Crippen LogP contribution in [0.5, 0.6) is 0 Å². The summed E-state index contributed by atoms with van der Waals surface area (Å²) in [5, 5.41) is 4.33. The van der Waals surface area contributed by atoms with Crippen LogP contribution in [-0.4, -0.2) is 29.1 Å². The number of rotatable bonds is 6. The highest BCUT2D eigenvalue weighted by Gasteiger charge is 2.28. The van der Waals surface area contributed by atoms with Crippen LogP contribution < -0.4 is 5.32 Å². The molecule has 0 aromatic carbocycles.